The predicted molar refractivity (Wildman–Crippen MR) is 136 cm³/mol. The van der Waals surface area contributed by atoms with E-state index in [1.54, 1.807) is 0 Å². The Kier molecular flexibility index (Phi) is 7.08. The van der Waals surface area contributed by atoms with Gasteiger partial charge in [0.1, 0.15) is 0 Å². The first-order valence-corrected chi connectivity index (χ1v) is 12.1. The summed E-state index contributed by atoms with van der Waals surface area (Å²) in [7, 11) is 0.259. The minimum Gasteiger partial charge on any atom is -0.389 e. The molecule has 158 valence electrons. The molecule has 0 fully saturated rings. The molecule has 0 heterocycles. The second-order valence-electron chi connectivity index (χ2n) is 9.42. The van der Waals surface area contributed by atoms with E-state index in [0.717, 1.165) is 22.6 Å². The van der Waals surface area contributed by atoms with Crippen molar-refractivity contribution in [3.63, 3.8) is 0 Å². The molecule has 0 saturated carbocycles. The van der Waals surface area contributed by atoms with E-state index in [9.17, 15) is 0 Å². The largest absolute Gasteiger partial charge is 0.389 e. The number of rotatable bonds is 7. The van der Waals surface area contributed by atoms with Crippen molar-refractivity contribution < 1.29 is 0 Å². The van der Waals surface area contributed by atoms with Crippen molar-refractivity contribution in [3.05, 3.63) is 72.0 Å². The van der Waals surface area contributed by atoms with Crippen LogP contribution in [0.4, 0.5) is 0 Å². The van der Waals surface area contributed by atoms with Gasteiger partial charge in [0.15, 0.2) is 0 Å². The fourth-order valence-corrected chi connectivity index (χ4v) is 4.69. The van der Waals surface area contributed by atoms with E-state index >= 15 is 0 Å². The maximum atomic E-state index is 4.45. The van der Waals surface area contributed by atoms with Gasteiger partial charge in [-0.1, -0.05) is 89.4 Å². The van der Waals surface area contributed by atoms with E-state index in [0.29, 0.717) is 0 Å². The lowest BCUT2D eigenvalue weighted by Gasteiger charge is -2.41. The minimum atomic E-state index is -1.61. The Labute approximate surface area is 179 Å². The third-order valence-corrected chi connectivity index (χ3v) is 8.09. The molecule has 3 heteroatoms. The third kappa shape index (κ3) is 5.77. The van der Waals surface area contributed by atoms with Gasteiger partial charge in [-0.3, -0.25) is 4.72 Å². The average Bonchev–Trinajstić information content (AvgIpc) is 2.65. The average molecular weight is 411 g/mol. The van der Waals surface area contributed by atoms with Crippen LogP contribution in [0, 0.1) is 10.8 Å². The third-order valence-electron chi connectivity index (χ3n) is 6.18. The Morgan fingerprint density at radius 3 is 2.41 bits per heavy atom. The molecule has 1 aromatic rings. The van der Waals surface area contributed by atoms with Crippen LogP contribution in [-0.2, 0) is 0 Å². The van der Waals surface area contributed by atoms with Crippen LogP contribution < -0.4 is 10.0 Å². The maximum absolute atomic E-state index is 4.45. The number of benzene rings is 1. The van der Waals surface area contributed by atoms with E-state index in [-0.39, 0.29) is 16.9 Å². The molecule has 1 aliphatic rings. The Bertz CT molecular complexity index is 935. The van der Waals surface area contributed by atoms with E-state index in [1.807, 2.05) is 13.1 Å². The van der Waals surface area contributed by atoms with Crippen molar-refractivity contribution in [3.8, 4) is 0 Å². The normalized spacial score (nSPS) is 18.0. The van der Waals surface area contributed by atoms with Crippen molar-refractivity contribution in [1.29, 1.82) is 0 Å². The molecule has 0 bridgehead atoms. The van der Waals surface area contributed by atoms with Gasteiger partial charge in [0, 0.05) is 23.7 Å². The van der Waals surface area contributed by atoms with Crippen LogP contribution in [0.2, 0.25) is 0 Å². The monoisotopic (exact) mass is 410 g/mol. The molecular weight excluding hydrogens is 372 g/mol. The SMILES string of the molecule is C=C(/C=C/c1cccc(S(=C)(=C)NC2C=CC(C(C)(C)C(C)(C)C)=CC2)c1)NC. The molecule has 0 spiro atoms. The molecule has 1 aliphatic carbocycles. The van der Waals surface area contributed by atoms with Crippen molar-refractivity contribution in [2.45, 2.75) is 52.0 Å². The molecule has 0 amide bonds. The van der Waals surface area contributed by atoms with E-state index < -0.39 is 9.39 Å². The van der Waals surface area contributed by atoms with Crippen LogP contribution in [0.25, 0.3) is 6.08 Å². The number of allylic oxidation sites excluding steroid dienone is 3. The van der Waals surface area contributed by atoms with Crippen LogP contribution in [-0.4, -0.2) is 24.8 Å². The molecule has 0 aliphatic heterocycles. The lowest BCUT2D eigenvalue weighted by molar-refractivity contribution is 0.181. The first kappa shape index (κ1) is 23.3. The smallest absolute Gasteiger partial charge is 0.0383 e. The van der Waals surface area contributed by atoms with Crippen molar-refractivity contribution in [1.82, 2.24) is 10.0 Å². The molecule has 0 aromatic heterocycles. The molecule has 29 heavy (non-hydrogen) atoms. The molecule has 1 aromatic carbocycles. The molecule has 0 saturated heterocycles. The number of hydrogen-bond acceptors (Lipinski definition) is 2. The van der Waals surface area contributed by atoms with Crippen molar-refractivity contribution in [2.24, 2.45) is 10.8 Å². The van der Waals surface area contributed by atoms with Crippen LogP contribution in [0.1, 0.15) is 46.6 Å². The van der Waals surface area contributed by atoms with Gasteiger partial charge in [0.05, 0.1) is 0 Å². The van der Waals surface area contributed by atoms with E-state index in [4.69, 9.17) is 0 Å². The van der Waals surface area contributed by atoms with Gasteiger partial charge in [-0.25, -0.2) is 0 Å². The van der Waals surface area contributed by atoms with Crippen LogP contribution in [0.5, 0.6) is 0 Å². The number of hydrogen-bond donors (Lipinski definition) is 2. The summed E-state index contributed by atoms with van der Waals surface area (Å²) < 4.78 is 3.70. The Hall–Kier alpha value is -1.97. The number of nitrogens with one attached hydrogen (secondary N) is 2. The van der Waals surface area contributed by atoms with Gasteiger partial charge in [-0.15, -0.1) is 9.39 Å². The van der Waals surface area contributed by atoms with Crippen molar-refractivity contribution >= 4 is 27.2 Å². The first-order valence-electron chi connectivity index (χ1n) is 10.2. The van der Waals surface area contributed by atoms with Gasteiger partial charge in [-0.05, 0) is 46.6 Å². The van der Waals surface area contributed by atoms with Gasteiger partial charge >= 0.3 is 0 Å². The van der Waals surface area contributed by atoms with Gasteiger partial charge in [-0.2, -0.15) is 0 Å². The zero-order valence-corrected chi connectivity index (χ0v) is 19.8. The zero-order valence-electron chi connectivity index (χ0n) is 19.0. The summed E-state index contributed by atoms with van der Waals surface area (Å²) in [5, 5.41) is 3.03. The second kappa shape index (κ2) is 8.81. The van der Waals surface area contributed by atoms with Crippen LogP contribution in [0.15, 0.2) is 71.3 Å². The highest BCUT2D eigenvalue weighted by Crippen LogP contribution is 2.45. The summed E-state index contributed by atoms with van der Waals surface area (Å²) in [4.78, 5) is 1.15. The highest BCUT2D eigenvalue weighted by Gasteiger charge is 2.35. The Morgan fingerprint density at radius 1 is 1.17 bits per heavy atom. The molecule has 2 nitrogen and oxygen atoms in total. The molecular formula is C26H38N2S. The number of likely N-dealkylation sites (N-methyl/N-ethyl adjacent to an activating group) is 1. The second-order valence-corrected chi connectivity index (χ2v) is 11.9. The molecule has 0 radical (unpaired) electrons. The quantitative estimate of drug-likeness (QED) is 0.407. The Morgan fingerprint density at radius 2 is 1.86 bits per heavy atom. The molecule has 1 atom stereocenters. The van der Waals surface area contributed by atoms with Gasteiger partial charge in [0.2, 0.25) is 0 Å². The molecule has 1 unspecified atom stereocenters. The lowest BCUT2D eigenvalue weighted by atomic mass is 9.64. The van der Waals surface area contributed by atoms with E-state index in [2.05, 4.69) is 112 Å². The first-order chi connectivity index (χ1) is 13.4. The van der Waals surface area contributed by atoms with Gasteiger partial charge < -0.3 is 5.32 Å². The summed E-state index contributed by atoms with van der Waals surface area (Å²) in [5.41, 5.74) is 3.76. The predicted octanol–water partition coefficient (Wildman–Crippen LogP) is 6.29. The summed E-state index contributed by atoms with van der Waals surface area (Å²) in [6.45, 7) is 15.5. The van der Waals surface area contributed by atoms with E-state index in [1.165, 1.54) is 5.57 Å². The zero-order chi connectivity index (χ0) is 21.9. The maximum Gasteiger partial charge on any atom is 0.0383 e. The van der Waals surface area contributed by atoms with Crippen LogP contribution in [0.3, 0.4) is 0 Å². The van der Waals surface area contributed by atoms with Crippen molar-refractivity contribution in [2.75, 3.05) is 7.05 Å². The highest BCUT2D eigenvalue weighted by atomic mass is 32.2. The van der Waals surface area contributed by atoms with Crippen LogP contribution >= 0.6 is 9.39 Å². The fourth-order valence-electron chi connectivity index (χ4n) is 3.10. The Balaban J connectivity index is 2.13. The summed E-state index contributed by atoms with van der Waals surface area (Å²) in [5.74, 6) is 8.89. The topological polar surface area (TPSA) is 24.1 Å². The lowest BCUT2D eigenvalue weighted by Crippen LogP contribution is -2.33. The molecule has 2 rings (SSSR count). The molecule has 2 N–H and O–H groups in total. The minimum absolute atomic E-state index is 0.130. The highest BCUT2D eigenvalue weighted by molar-refractivity contribution is 8.26. The summed E-state index contributed by atoms with van der Waals surface area (Å²) in [6, 6.07) is 8.68. The summed E-state index contributed by atoms with van der Waals surface area (Å²) >= 11 is 0. The summed E-state index contributed by atoms with van der Waals surface area (Å²) in [6.07, 6.45) is 11.9. The fraction of sp³-hybridized carbons (Fsp3) is 0.385. The van der Waals surface area contributed by atoms with Gasteiger partial charge in [0.25, 0.3) is 0 Å². The standard InChI is InChI=1S/C26H38N2S/c1-20(27-7)13-14-21-11-10-12-24(19-21)29(8,9)28-23-17-15-22(16-18-23)26(5,6)25(2,3)4/h10-17,19,23,27-28H,1,8-9,18H2,2-7H3/b14-13+.